The van der Waals surface area contributed by atoms with Gasteiger partial charge in [0, 0.05) is 0 Å². The van der Waals surface area contributed by atoms with Crippen LogP contribution in [0.3, 0.4) is 0 Å². The molecule has 0 aromatic heterocycles. The molecule has 2 aromatic rings. The van der Waals surface area contributed by atoms with Crippen LogP contribution >= 0.6 is 0 Å². The zero-order chi connectivity index (χ0) is 22.8. The van der Waals surface area contributed by atoms with Crippen LogP contribution in [-0.2, 0) is 0 Å². The van der Waals surface area contributed by atoms with E-state index in [-0.39, 0.29) is 0 Å². The Morgan fingerprint density at radius 1 is 0.500 bits per heavy atom. The van der Waals surface area contributed by atoms with Crippen molar-refractivity contribution in [2.75, 3.05) is 0 Å². The van der Waals surface area contributed by atoms with Crippen molar-refractivity contribution < 1.29 is 0 Å². The molecule has 0 fully saturated rings. The summed E-state index contributed by atoms with van der Waals surface area (Å²) in [5.41, 5.74) is 5.97. The average molecular weight is 409 g/mol. The highest BCUT2D eigenvalue weighted by Crippen LogP contribution is 2.33. The van der Waals surface area contributed by atoms with Crippen LogP contribution in [0.4, 0.5) is 0 Å². The molecule has 0 heteroatoms. The predicted molar refractivity (Wildman–Crippen MR) is 136 cm³/mol. The first-order chi connectivity index (χ1) is 14.0. The van der Waals surface area contributed by atoms with Crippen LogP contribution in [-0.4, -0.2) is 0 Å². The lowest BCUT2D eigenvalue weighted by molar-refractivity contribution is 0.406. The van der Waals surface area contributed by atoms with Crippen LogP contribution < -0.4 is 0 Å². The number of aryl methyl sites for hydroxylation is 2. The molecular weight excluding hydrogens is 360 g/mol. The minimum Gasteiger partial charge on any atom is -0.0628 e. The second-order valence-corrected chi connectivity index (χ2v) is 10.7. The Hall–Kier alpha value is -1.56. The Labute approximate surface area is 188 Å². The zero-order valence-electron chi connectivity index (χ0n) is 21.5. The highest BCUT2D eigenvalue weighted by Gasteiger charge is 2.19. The average Bonchev–Trinajstić information content (AvgIpc) is 2.65. The van der Waals surface area contributed by atoms with Gasteiger partial charge in [-0.1, -0.05) is 104 Å². The maximum atomic E-state index is 2.33. The van der Waals surface area contributed by atoms with Crippen LogP contribution in [0.5, 0.6) is 0 Å². The molecule has 0 heterocycles. The standard InChI is InChI=1S/2C15H24/c2*1-11(2)10-15(12(3)4)14-9-7-6-8-13(14)5/h2*6-9,11-12,15H,10H2,1-5H3. The number of hydrogen-bond donors (Lipinski definition) is 0. The van der Waals surface area contributed by atoms with Crippen LogP contribution in [0.1, 0.15) is 102 Å². The highest BCUT2D eigenvalue weighted by atomic mass is 14.2. The quantitative estimate of drug-likeness (QED) is 0.408. The third-order valence-corrected chi connectivity index (χ3v) is 6.24. The van der Waals surface area contributed by atoms with Gasteiger partial charge >= 0.3 is 0 Å². The fraction of sp³-hybridized carbons (Fsp3) is 0.600. The van der Waals surface area contributed by atoms with Crippen molar-refractivity contribution in [1.82, 2.24) is 0 Å². The first-order valence-corrected chi connectivity index (χ1v) is 12.2. The molecule has 0 saturated heterocycles. The summed E-state index contributed by atoms with van der Waals surface area (Å²) >= 11 is 0. The molecule has 0 amide bonds. The normalized spacial score (nSPS) is 13.5. The molecule has 168 valence electrons. The smallest absolute Gasteiger partial charge is 0.0134 e. The molecule has 0 radical (unpaired) electrons. The van der Waals surface area contributed by atoms with E-state index in [0.717, 1.165) is 23.7 Å². The van der Waals surface area contributed by atoms with Crippen molar-refractivity contribution >= 4 is 0 Å². The topological polar surface area (TPSA) is 0 Å². The molecule has 0 aliphatic rings. The summed E-state index contributed by atoms with van der Waals surface area (Å²) in [4.78, 5) is 0. The highest BCUT2D eigenvalue weighted by molar-refractivity contribution is 5.30. The molecule has 2 rings (SSSR count). The molecule has 0 N–H and O–H groups in total. The first-order valence-electron chi connectivity index (χ1n) is 12.2. The summed E-state index contributed by atoms with van der Waals surface area (Å²) in [6.07, 6.45) is 2.59. The zero-order valence-corrected chi connectivity index (χ0v) is 21.5. The van der Waals surface area contributed by atoms with E-state index in [9.17, 15) is 0 Å². The molecular formula is C30H48. The van der Waals surface area contributed by atoms with Crippen LogP contribution in [0.25, 0.3) is 0 Å². The maximum absolute atomic E-state index is 2.33. The summed E-state index contributed by atoms with van der Waals surface area (Å²) in [6.45, 7) is 23.0. The van der Waals surface area contributed by atoms with Crippen molar-refractivity contribution in [2.24, 2.45) is 23.7 Å². The van der Waals surface area contributed by atoms with E-state index in [1.807, 2.05) is 0 Å². The third kappa shape index (κ3) is 8.66. The Morgan fingerprint density at radius 3 is 1.03 bits per heavy atom. The van der Waals surface area contributed by atoms with Gasteiger partial charge in [0.25, 0.3) is 0 Å². The fourth-order valence-corrected chi connectivity index (χ4v) is 4.54. The van der Waals surface area contributed by atoms with Crippen LogP contribution in [0, 0.1) is 37.5 Å². The molecule has 0 spiro atoms. The van der Waals surface area contributed by atoms with E-state index in [1.165, 1.54) is 24.0 Å². The lowest BCUT2D eigenvalue weighted by atomic mass is 9.80. The van der Waals surface area contributed by atoms with E-state index in [1.54, 1.807) is 11.1 Å². The molecule has 0 nitrogen and oxygen atoms in total. The minimum absolute atomic E-state index is 0.714. The molecule has 0 aliphatic carbocycles. The van der Waals surface area contributed by atoms with Crippen molar-refractivity contribution in [3.05, 3.63) is 70.8 Å². The van der Waals surface area contributed by atoms with E-state index in [0.29, 0.717) is 11.8 Å². The summed E-state index contributed by atoms with van der Waals surface area (Å²) in [5, 5.41) is 0. The van der Waals surface area contributed by atoms with Crippen LogP contribution in [0.15, 0.2) is 48.5 Å². The van der Waals surface area contributed by atoms with Crippen molar-refractivity contribution in [1.29, 1.82) is 0 Å². The first kappa shape index (κ1) is 26.5. The van der Waals surface area contributed by atoms with Gasteiger partial charge in [-0.3, -0.25) is 0 Å². The van der Waals surface area contributed by atoms with Gasteiger partial charge in [-0.15, -0.1) is 0 Å². The van der Waals surface area contributed by atoms with E-state index in [2.05, 4.69) is 118 Å². The van der Waals surface area contributed by atoms with Crippen molar-refractivity contribution in [3.8, 4) is 0 Å². The van der Waals surface area contributed by atoms with Crippen molar-refractivity contribution in [2.45, 2.75) is 93.9 Å². The SMILES string of the molecule is Cc1ccccc1C(CC(C)C)C(C)C.Cc1ccccc1C(CC(C)C)C(C)C. The molecule has 0 aliphatic heterocycles. The van der Waals surface area contributed by atoms with Gasteiger partial charge in [-0.05, 0) is 84.5 Å². The third-order valence-electron chi connectivity index (χ3n) is 6.24. The van der Waals surface area contributed by atoms with Crippen LogP contribution in [0.2, 0.25) is 0 Å². The largest absolute Gasteiger partial charge is 0.0628 e. The molecule has 2 unspecified atom stereocenters. The number of benzene rings is 2. The second kappa shape index (κ2) is 13.0. The van der Waals surface area contributed by atoms with E-state index in [4.69, 9.17) is 0 Å². The van der Waals surface area contributed by atoms with Gasteiger partial charge in [0.05, 0.1) is 0 Å². The maximum Gasteiger partial charge on any atom is -0.0134 e. The fourth-order valence-electron chi connectivity index (χ4n) is 4.54. The predicted octanol–water partition coefficient (Wildman–Crippen LogP) is 9.56. The van der Waals surface area contributed by atoms with E-state index >= 15 is 0 Å². The van der Waals surface area contributed by atoms with Gasteiger partial charge in [0.1, 0.15) is 0 Å². The summed E-state index contributed by atoms with van der Waals surface area (Å²) in [7, 11) is 0. The summed E-state index contributed by atoms with van der Waals surface area (Å²) < 4.78 is 0. The Kier molecular flexibility index (Phi) is 11.5. The van der Waals surface area contributed by atoms with Gasteiger partial charge < -0.3 is 0 Å². The van der Waals surface area contributed by atoms with Gasteiger partial charge in [0.15, 0.2) is 0 Å². The Balaban J connectivity index is 0.000000300. The molecule has 30 heavy (non-hydrogen) atoms. The Morgan fingerprint density at radius 2 is 0.800 bits per heavy atom. The summed E-state index contributed by atoms with van der Waals surface area (Å²) in [5.74, 6) is 4.44. The molecule has 0 saturated carbocycles. The van der Waals surface area contributed by atoms with Gasteiger partial charge in [-0.2, -0.15) is 0 Å². The number of hydrogen-bond acceptors (Lipinski definition) is 0. The Bertz CT molecular complexity index is 657. The van der Waals surface area contributed by atoms with Gasteiger partial charge in [-0.25, -0.2) is 0 Å². The van der Waals surface area contributed by atoms with Crippen molar-refractivity contribution in [3.63, 3.8) is 0 Å². The monoisotopic (exact) mass is 408 g/mol. The molecule has 0 bridgehead atoms. The van der Waals surface area contributed by atoms with E-state index < -0.39 is 0 Å². The minimum atomic E-state index is 0.714. The molecule has 2 atom stereocenters. The second-order valence-electron chi connectivity index (χ2n) is 10.7. The molecule has 2 aromatic carbocycles. The lowest BCUT2D eigenvalue weighted by Crippen LogP contribution is -2.11. The number of rotatable bonds is 8. The lowest BCUT2D eigenvalue weighted by Gasteiger charge is -2.24. The van der Waals surface area contributed by atoms with Gasteiger partial charge in [0.2, 0.25) is 0 Å². The summed E-state index contributed by atoms with van der Waals surface area (Å²) in [6, 6.07) is 17.6.